The van der Waals surface area contributed by atoms with Gasteiger partial charge in [0.2, 0.25) is 0 Å². The average molecular weight is 419 g/mol. The second-order valence-electron chi connectivity index (χ2n) is 5.61. The lowest BCUT2D eigenvalue weighted by molar-refractivity contribution is 0.0846. The topological polar surface area (TPSA) is 58.2 Å². The smallest absolute Gasteiger partial charge is 0.267 e. The molecule has 2 N–H and O–H groups in total. The molecule has 0 aromatic heterocycles. The van der Waals surface area contributed by atoms with E-state index in [1.54, 1.807) is 42.5 Å². The summed E-state index contributed by atoms with van der Waals surface area (Å²) < 4.78 is 0.872. The quantitative estimate of drug-likeness (QED) is 0.489. The summed E-state index contributed by atoms with van der Waals surface area (Å²) in [6.07, 6.45) is 0. The third-order valence-corrected chi connectivity index (χ3v) is 4.17. The summed E-state index contributed by atoms with van der Waals surface area (Å²) in [5.41, 5.74) is 7.28. The van der Waals surface area contributed by atoms with Crippen molar-refractivity contribution in [2.24, 2.45) is 0 Å². The van der Waals surface area contributed by atoms with Crippen molar-refractivity contribution in [1.82, 2.24) is 10.9 Å². The van der Waals surface area contributed by atoms with E-state index in [-0.39, 0.29) is 0 Å². The van der Waals surface area contributed by atoms with Gasteiger partial charge in [-0.25, -0.2) is 0 Å². The molecular weight excluding hydrogens is 404 g/mol. The third kappa shape index (κ3) is 5.30. The number of carbonyl (C=O) groups is 2. The van der Waals surface area contributed by atoms with E-state index >= 15 is 0 Å². The van der Waals surface area contributed by atoms with Crippen LogP contribution < -0.4 is 10.9 Å². The van der Waals surface area contributed by atoms with Crippen LogP contribution in [0.1, 0.15) is 31.8 Å². The highest BCUT2D eigenvalue weighted by Crippen LogP contribution is 2.10. The fraction of sp³-hybridized carbons (Fsp3) is 0. The fourth-order valence-corrected chi connectivity index (χ4v) is 2.53. The fourth-order valence-electron chi connectivity index (χ4n) is 2.26. The maximum Gasteiger partial charge on any atom is 0.269 e. The molecule has 0 saturated heterocycles. The Labute approximate surface area is 165 Å². The Bertz CT molecular complexity index is 1020. The lowest BCUT2D eigenvalue weighted by Gasteiger charge is -2.07. The molecule has 2 amide bonds. The van der Waals surface area contributed by atoms with Crippen LogP contribution in [0.2, 0.25) is 0 Å². The molecule has 27 heavy (non-hydrogen) atoms. The number of hydrogen-bond donors (Lipinski definition) is 2. The van der Waals surface area contributed by atoms with Crippen LogP contribution >= 0.6 is 15.9 Å². The number of benzene rings is 3. The first kappa shape index (κ1) is 18.4. The van der Waals surface area contributed by atoms with Crippen molar-refractivity contribution in [2.75, 3.05) is 0 Å². The van der Waals surface area contributed by atoms with Crippen molar-refractivity contribution >= 4 is 27.7 Å². The average Bonchev–Trinajstić information content (AvgIpc) is 2.72. The summed E-state index contributed by atoms with van der Waals surface area (Å²) in [5, 5.41) is 0. The Hall–Kier alpha value is -3.36. The van der Waals surface area contributed by atoms with Crippen LogP contribution in [0.3, 0.4) is 0 Å². The Morgan fingerprint density at radius 1 is 0.667 bits per heavy atom. The molecule has 0 saturated carbocycles. The Kier molecular flexibility index (Phi) is 6.03. The Balaban J connectivity index is 1.64. The van der Waals surface area contributed by atoms with Crippen LogP contribution in [-0.2, 0) is 0 Å². The molecule has 0 spiro atoms. The maximum atomic E-state index is 12.3. The van der Waals surface area contributed by atoms with Crippen molar-refractivity contribution in [3.63, 3.8) is 0 Å². The number of hydrogen-bond acceptors (Lipinski definition) is 2. The molecule has 0 radical (unpaired) electrons. The number of nitrogens with one attached hydrogen (secondary N) is 2. The maximum absolute atomic E-state index is 12.3. The van der Waals surface area contributed by atoms with Gasteiger partial charge in [0, 0.05) is 26.7 Å². The van der Waals surface area contributed by atoms with E-state index in [1.165, 1.54) is 0 Å². The van der Waals surface area contributed by atoms with E-state index in [2.05, 4.69) is 38.6 Å². The van der Waals surface area contributed by atoms with Crippen LogP contribution in [0.25, 0.3) is 0 Å². The molecule has 0 bridgehead atoms. The second kappa shape index (κ2) is 8.84. The third-order valence-electron chi connectivity index (χ3n) is 3.65. The zero-order valence-corrected chi connectivity index (χ0v) is 15.8. The highest BCUT2D eigenvalue weighted by atomic mass is 79.9. The molecule has 0 aliphatic heterocycles. The van der Waals surface area contributed by atoms with Gasteiger partial charge < -0.3 is 0 Å². The van der Waals surface area contributed by atoms with Crippen molar-refractivity contribution in [1.29, 1.82) is 0 Å². The van der Waals surface area contributed by atoms with Gasteiger partial charge in [-0.3, -0.25) is 20.4 Å². The standard InChI is InChI=1S/C22H15BrN2O2/c23-20-13-11-18(12-14-20)21(26)24-25-22(27)19-8-4-7-17(15-19)10-9-16-5-2-1-3-6-16/h1-8,11-15H,(H,24,26)(H,25,27). The molecule has 0 aliphatic rings. The van der Waals surface area contributed by atoms with E-state index < -0.39 is 11.8 Å². The normalized spacial score (nSPS) is 9.67. The largest absolute Gasteiger partial charge is 0.269 e. The Morgan fingerprint density at radius 3 is 1.96 bits per heavy atom. The van der Waals surface area contributed by atoms with Crippen molar-refractivity contribution in [3.8, 4) is 11.8 Å². The predicted molar refractivity (Wildman–Crippen MR) is 108 cm³/mol. The predicted octanol–water partition coefficient (Wildman–Crippen LogP) is 3.92. The number of halogens is 1. The van der Waals surface area contributed by atoms with Gasteiger partial charge in [-0.1, -0.05) is 52.0 Å². The molecule has 5 heteroatoms. The van der Waals surface area contributed by atoms with Crippen molar-refractivity contribution < 1.29 is 9.59 Å². The molecule has 3 aromatic carbocycles. The molecule has 0 atom stereocenters. The van der Waals surface area contributed by atoms with Gasteiger partial charge in [0.15, 0.2) is 0 Å². The Morgan fingerprint density at radius 2 is 1.26 bits per heavy atom. The molecule has 0 unspecified atom stereocenters. The minimum atomic E-state index is -0.413. The number of amides is 2. The van der Waals surface area contributed by atoms with Crippen molar-refractivity contribution in [3.05, 3.63) is 106 Å². The van der Waals surface area contributed by atoms with Crippen LogP contribution in [0, 0.1) is 11.8 Å². The van der Waals surface area contributed by atoms with Crippen LogP contribution in [0.5, 0.6) is 0 Å². The van der Waals surface area contributed by atoms with Crippen LogP contribution in [0.4, 0.5) is 0 Å². The number of rotatable bonds is 2. The van der Waals surface area contributed by atoms with E-state index in [9.17, 15) is 9.59 Å². The minimum absolute atomic E-state index is 0.393. The molecule has 0 fully saturated rings. The SMILES string of the molecule is O=C(NNC(=O)c1cccc(C#Cc2ccccc2)c1)c1ccc(Br)cc1. The zero-order valence-electron chi connectivity index (χ0n) is 14.2. The molecule has 0 aliphatic carbocycles. The van der Waals surface area contributed by atoms with Crippen LogP contribution in [-0.4, -0.2) is 11.8 Å². The number of hydrazine groups is 1. The first-order chi connectivity index (χ1) is 13.1. The molecule has 3 aromatic rings. The first-order valence-electron chi connectivity index (χ1n) is 8.15. The summed E-state index contributed by atoms with van der Waals surface area (Å²) in [6.45, 7) is 0. The highest BCUT2D eigenvalue weighted by molar-refractivity contribution is 9.10. The zero-order chi connectivity index (χ0) is 19.1. The summed E-state index contributed by atoms with van der Waals surface area (Å²) in [6, 6.07) is 23.3. The molecule has 3 rings (SSSR count). The summed E-state index contributed by atoms with van der Waals surface area (Å²) >= 11 is 3.31. The summed E-state index contributed by atoms with van der Waals surface area (Å²) in [7, 11) is 0. The van der Waals surface area contributed by atoms with Crippen LogP contribution in [0.15, 0.2) is 83.3 Å². The van der Waals surface area contributed by atoms with E-state index in [0.717, 1.165) is 10.0 Å². The number of carbonyl (C=O) groups excluding carboxylic acids is 2. The van der Waals surface area contributed by atoms with Gasteiger partial charge >= 0.3 is 0 Å². The first-order valence-corrected chi connectivity index (χ1v) is 8.94. The van der Waals surface area contributed by atoms with Crippen molar-refractivity contribution in [2.45, 2.75) is 0 Å². The van der Waals surface area contributed by atoms with Gasteiger partial charge in [-0.2, -0.15) is 0 Å². The van der Waals surface area contributed by atoms with Gasteiger partial charge in [-0.15, -0.1) is 0 Å². The molecule has 4 nitrogen and oxygen atoms in total. The lowest BCUT2D eigenvalue weighted by Crippen LogP contribution is -2.41. The van der Waals surface area contributed by atoms with Gasteiger partial charge in [0.25, 0.3) is 11.8 Å². The second-order valence-corrected chi connectivity index (χ2v) is 6.53. The van der Waals surface area contributed by atoms with E-state index in [0.29, 0.717) is 16.7 Å². The highest BCUT2D eigenvalue weighted by Gasteiger charge is 2.09. The monoisotopic (exact) mass is 418 g/mol. The molecular formula is C22H15BrN2O2. The molecule has 132 valence electrons. The summed E-state index contributed by atoms with van der Waals surface area (Å²) in [4.78, 5) is 24.3. The minimum Gasteiger partial charge on any atom is -0.267 e. The molecule has 0 heterocycles. The van der Waals surface area contributed by atoms with Gasteiger partial charge in [0.1, 0.15) is 0 Å². The lowest BCUT2D eigenvalue weighted by atomic mass is 10.1. The van der Waals surface area contributed by atoms with Gasteiger partial charge in [-0.05, 0) is 54.6 Å². The van der Waals surface area contributed by atoms with Gasteiger partial charge in [0.05, 0.1) is 0 Å². The summed E-state index contributed by atoms with van der Waals surface area (Å²) in [5.74, 6) is 5.27. The van der Waals surface area contributed by atoms with E-state index in [4.69, 9.17) is 0 Å². The van der Waals surface area contributed by atoms with E-state index in [1.807, 2.05) is 36.4 Å².